The fourth-order valence-corrected chi connectivity index (χ4v) is 6.05. The first-order valence-corrected chi connectivity index (χ1v) is 12.4. The highest BCUT2D eigenvalue weighted by atomic mass is 35.5. The number of benzene rings is 1. The highest BCUT2D eigenvalue weighted by molar-refractivity contribution is 7.99. The number of hydrogen-bond acceptors (Lipinski definition) is 5. The molecule has 2 heterocycles. The molecule has 1 aliphatic carbocycles. The van der Waals surface area contributed by atoms with Crippen molar-refractivity contribution in [3.8, 4) is 0 Å². The van der Waals surface area contributed by atoms with Crippen LogP contribution in [0.4, 0.5) is 10.1 Å². The van der Waals surface area contributed by atoms with E-state index < -0.39 is 5.82 Å². The van der Waals surface area contributed by atoms with Gasteiger partial charge in [0.05, 0.1) is 16.2 Å². The Hall–Kier alpha value is -1.90. The van der Waals surface area contributed by atoms with Crippen LogP contribution < -0.4 is 10.9 Å². The van der Waals surface area contributed by atoms with Crippen molar-refractivity contribution in [1.29, 1.82) is 0 Å². The fraction of sp³-hybridized carbons (Fsp3) is 0.409. The van der Waals surface area contributed by atoms with Crippen LogP contribution in [-0.2, 0) is 24.2 Å². The molecule has 0 aliphatic heterocycles. The number of hydrogen-bond donors (Lipinski definition) is 1. The Balaban J connectivity index is 1.60. The van der Waals surface area contributed by atoms with Crippen LogP contribution >= 0.6 is 34.7 Å². The van der Waals surface area contributed by atoms with Crippen molar-refractivity contribution < 1.29 is 9.18 Å². The molecule has 4 rings (SSSR count). The van der Waals surface area contributed by atoms with Crippen molar-refractivity contribution in [2.75, 3.05) is 11.1 Å². The van der Waals surface area contributed by atoms with Gasteiger partial charge in [0, 0.05) is 17.1 Å². The predicted octanol–water partition coefficient (Wildman–Crippen LogP) is 5.52. The van der Waals surface area contributed by atoms with Gasteiger partial charge in [0.2, 0.25) is 5.91 Å². The summed E-state index contributed by atoms with van der Waals surface area (Å²) in [4.78, 5) is 32.7. The molecule has 9 heteroatoms. The Morgan fingerprint density at radius 3 is 2.87 bits per heavy atom. The number of amides is 1. The van der Waals surface area contributed by atoms with Gasteiger partial charge in [-0.25, -0.2) is 9.37 Å². The van der Waals surface area contributed by atoms with E-state index in [1.54, 1.807) is 15.9 Å². The summed E-state index contributed by atoms with van der Waals surface area (Å²) < 4.78 is 15.0. The molecule has 0 unspecified atom stereocenters. The zero-order valence-electron chi connectivity index (χ0n) is 17.3. The summed E-state index contributed by atoms with van der Waals surface area (Å²) in [6.45, 7) is 4.65. The number of nitrogens with zero attached hydrogens (tertiary/aromatic N) is 2. The molecule has 3 aromatic rings. The lowest BCUT2D eigenvalue weighted by Crippen LogP contribution is -2.26. The lowest BCUT2D eigenvalue weighted by atomic mass is 9.97. The maximum Gasteiger partial charge on any atom is 0.263 e. The zero-order chi connectivity index (χ0) is 22.1. The molecule has 5 nitrogen and oxygen atoms in total. The molecule has 31 heavy (non-hydrogen) atoms. The van der Waals surface area contributed by atoms with E-state index in [2.05, 4.69) is 19.2 Å². The average Bonchev–Trinajstić information content (AvgIpc) is 3.10. The molecule has 2 aromatic heterocycles. The quantitative estimate of drug-likeness (QED) is 0.373. The van der Waals surface area contributed by atoms with Crippen LogP contribution in [0, 0.1) is 11.7 Å². The van der Waals surface area contributed by atoms with Crippen molar-refractivity contribution in [3.05, 3.63) is 49.8 Å². The Morgan fingerprint density at radius 1 is 1.35 bits per heavy atom. The first-order valence-electron chi connectivity index (χ1n) is 10.3. The van der Waals surface area contributed by atoms with Gasteiger partial charge in [-0.2, -0.15) is 0 Å². The normalized spacial score (nSPS) is 13.6. The van der Waals surface area contributed by atoms with Crippen LogP contribution in [0.15, 0.2) is 28.2 Å². The van der Waals surface area contributed by atoms with E-state index in [-0.39, 0.29) is 28.2 Å². The Kier molecular flexibility index (Phi) is 6.69. The second-order valence-corrected chi connectivity index (χ2v) is 10.5. The molecule has 0 saturated carbocycles. The predicted molar refractivity (Wildman–Crippen MR) is 126 cm³/mol. The molecule has 164 valence electrons. The Labute approximate surface area is 193 Å². The maximum absolute atomic E-state index is 13.4. The molecule has 0 radical (unpaired) electrons. The minimum absolute atomic E-state index is 0.00803. The van der Waals surface area contributed by atoms with Gasteiger partial charge in [-0.1, -0.05) is 37.2 Å². The van der Waals surface area contributed by atoms with E-state index in [9.17, 15) is 14.0 Å². The van der Waals surface area contributed by atoms with E-state index in [0.717, 1.165) is 35.9 Å². The number of aryl methyl sites for hydroxylation is 2. The second kappa shape index (κ2) is 9.30. The summed E-state index contributed by atoms with van der Waals surface area (Å²) in [5.74, 6) is -0.469. The molecule has 0 saturated heterocycles. The number of anilines is 1. The Bertz CT molecular complexity index is 1210. The molecular formula is C22H23ClFN3O2S2. The largest absolute Gasteiger partial charge is 0.325 e. The van der Waals surface area contributed by atoms with Gasteiger partial charge in [-0.15, -0.1) is 11.3 Å². The van der Waals surface area contributed by atoms with Crippen molar-refractivity contribution in [1.82, 2.24) is 9.55 Å². The number of rotatable bonds is 6. The van der Waals surface area contributed by atoms with E-state index in [1.165, 1.54) is 40.4 Å². The van der Waals surface area contributed by atoms with Crippen LogP contribution in [0.5, 0.6) is 0 Å². The first-order chi connectivity index (χ1) is 14.8. The summed E-state index contributed by atoms with van der Waals surface area (Å²) in [6.07, 6.45) is 4.19. The fourth-order valence-electron chi connectivity index (χ4n) is 3.76. The maximum atomic E-state index is 13.4. The average molecular weight is 480 g/mol. The smallest absolute Gasteiger partial charge is 0.263 e. The number of carbonyl (C=O) groups is 1. The summed E-state index contributed by atoms with van der Waals surface area (Å²) >= 11 is 8.62. The van der Waals surface area contributed by atoms with Gasteiger partial charge in [-0.3, -0.25) is 14.2 Å². The summed E-state index contributed by atoms with van der Waals surface area (Å²) in [5.41, 5.74) is 1.58. The highest BCUT2D eigenvalue weighted by Gasteiger charge is 2.23. The molecule has 0 spiro atoms. The first kappa shape index (κ1) is 22.3. The van der Waals surface area contributed by atoms with Gasteiger partial charge >= 0.3 is 0 Å². The standard InChI is InChI=1S/C22H23ClFN3O2S2/c1-12(2)10-27-21(29)19-14-5-3-4-6-17(14)31-20(19)26-22(27)30-11-18(28)25-13-7-8-16(24)15(23)9-13/h7-9,12H,3-6,10-11H2,1-2H3,(H,25,28). The molecule has 1 N–H and O–H groups in total. The topological polar surface area (TPSA) is 64.0 Å². The van der Waals surface area contributed by atoms with Crippen molar-refractivity contribution in [2.45, 2.75) is 51.2 Å². The second-order valence-electron chi connectivity index (χ2n) is 8.06. The number of thioether (sulfide) groups is 1. The molecule has 1 amide bonds. The number of fused-ring (bicyclic) bond motifs is 3. The van der Waals surface area contributed by atoms with E-state index in [1.807, 2.05) is 0 Å². The van der Waals surface area contributed by atoms with Gasteiger partial charge in [0.25, 0.3) is 5.56 Å². The van der Waals surface area contributed by atoms with Crippen molar-refractivity contribution >= 4 is 56.5 Å². The summed E-state index contributed by atoms with van der Waals surface area (Å²) in [7, 11) is 0. The number of thiophene rings is 1. The lowest BCUT2D eigenvalue weighted by molar-refractivity contribution is -0.113. The SMILES string of the molecule is CC(C)Cn1c(SCC(=O)Nc2ccc(F)c(Cl)c2)nc2sc3c(c2c1=O)CCCC3. The van der Waals surface area contributed by atoms with Crippen molar-refractivity contribution in [3.63, 3.8) is 0 Å². The Morgan fingerprint density at radius 2 is 2.13 bits per heavy atom. The third-order valence-corrected chi connectivity index (χ3v) is 7.58. The molecule has 1 aliphatic rings. The van der Waals surface area contributed by atoms with Gasteiger partial charge < -0.3 is 5.32 Å². The highest BCUT2D eigenvalue weighted by Crippen LogP contribution is 2.34. The molecule has 0 bridgehead atoms. The van der Waals surface area contributed by atoms with Gasteiger partial charge in [0.15, 0.2) is 5.16 Å². The number of aromatic nitrogens is 2. The molecule has 0 atom stereocenters. The van der Waals surface area contributed by atoms with Crippen LogP contribution in [-0.4, -0.2) is 21.2 Å². The van der Waals surface area contributed by atoms with E-state index in [4.69, 9.17) is 16.6 Å². The summed E-state index contributed by atoms with van der Waals surface area (Å²) in [6, 6.07) is 4.03. The molecule has 1 aromatic carbocycles. The number of halogens is 2. The minimum Gasteiger partial charge on any atom is -0.325 e. The van der Waals surface area contributed by atoms with Gasteiger partial charge in [0.1, 0.15) is 10.6 Å². The molecular weight excluding hydrogens is 457 g/mol. The number of nitrogens with one attached hydrogen (secondary N) is 1. The van der Waals surface area contributed by atoms with Crippen molar-refractivity contribution in [2.24, 2.45) is 5.92 Å². The third-order valence-electron chi connectivity index (χ3n) is 5.12. The summed E-state index contributed by atoms with van der Waals surface area (Å²) in [5, 5.41) is 3.97. The number of carbonyl (C=O) groups excluding carboxylic acids is 1. The third kappa shape index (κ3) is 4.81. The lowest BCUT2D eigenvalue weighted by Gasteiger charge is -2.15. The van der Waals surface area contributed by atoms with Crippen LogP contribution in [0.3, 0.4) is 0 Å². The van der Waals surface area contributed by atoms with Crippen LogP contribution in [0.2, 0.25) is 5.02 Å². The van der Waals surface area contributed by atoms with Crippen LogP contribution in [0.25, 0.3) is 10.2 Å². The molecule has 0 fully saturated rings. The van der Waals surface area contributed by atoms with Crippen LogP contribution in [0.1, 0.15) is 37.1 Å². The zero-order valence-corrected chi connectivity index (χ0v) is 19.7. The van der Waals surface area contributed by atoms with Gasteiger partial charge in [-0.05, 0) is 55.4 Å². The minimum atomic E-state index is -0.539. The van der Waals surface area contributed by atoms with E-state index in [0.29, 0.717) is 17.4 Å². The van der Waals surface area contributed by atoms with E-state index >= 15 is 0 Å². The monoisotopic (exact) mass is 479 g/mol.